The number of fused-ring (bicyclic) bond motifs is 1. The van der Waals surface area contributed by atoms with E-state index in [1.54, 1.807) is 7.11 Å². The molecule has 4 nitrogen and oxygen atoms in total. The van der Waals surface area contributed by atoms with Gasteiger partial charge < -0.3 is 9.30 Å². The van der Waals surface area contributed by atoms with Gasteiger partial charge in [0.2, 0.25) is 0 Å². The van der Waals surface area contributed by atoms with E-state index in [-0.39, 0.29) is 0 Å². The second-order valence-corrected chi connectivity index (χ2v) is 5.88. The third-order valence-electron chi connectivity index (χ3n) is 4.52. The maximum Gasteiger partial charge on any atom is 0.119 e. The first-order valence-corrected chi connectivity index (χ1v) is 7.77. The molecule has 4 heteroatoms. The van der Waals surface area contributed by atoms with E-state index < -0.39 is 5.54 Å². The lowest BCUT2D eigenvalue weighted by Crippen LogP contribution is -2.46. The third-order valence-corrected chi connectivity index (χ3v) is 4.52. The summed E-state index contributed by atoms with van der Waals surface area (Å²) in [6.07, 6.45) is 2.83. The van der Waals surface area contributed by atoms with Crippen molar-refractivity contribution in [1.82, 2.24) is 9.47 Å². The fraction of sp³-hybridized carbons (Fsp3) is 0.500. The molecular weight excluding hydrogens is 274 g/mol. The van der Waals surface area contributed by atoms with Gasteiger partial charge in [0, 0.05) is 30.6 Å². The Bertz CT molecular complexity index is 694. The van der Waals surface area contributed by atoms with E-state index in [9.17, 15) is 5.26 Å². The van der Waals surface area contributed by atoms with Crippen LogP contribution in [0, 0.1) is 11.3 Å². The molecule has 0 aliphatic carbocycles. The molecule has 2 rings (SSSR count). The Balaban J connectivity index is 2.48. The third kappa shape index (κ3) is 2.82. The van der Waals surface area contributed by atoms with Crippen LogP contribution in [0.2, 0.25) is 0 Å². The number of methoxy groups -OCH3 is 1. The fourth-order valence-corrected chi connectivity index (χ4v) is 3.24. The van der Waals surface area contributed by atoms with Gasteiger partial charge >= 0.3 is 0 Å². The van der Waals surface area contributed by atoms with Gasteiger partial charge in [-0.15, -0.1) is 0 Å². The first kappa shape index (κ1) is 16.4. The zero-order valence-corrected chi connectivity index (χ0v) is 14.2. The van der Waals surface area contributed by atoms with Gasteiger partial charge in [0.1, 0.15) is 11.3 Å². The number of aromatic nitrogens is 1. The zero-order valence-electron chi connectivity index (χ0n) is 14.2. The lowest BCUT2D eigenvalue weighted by Gasteiger charge is -2.34. The molecule has 0 fully saturated rings. The summed E-state index contributed by atoms with van der Waals surface area (Å²) in [7, 11) is 3.72. The predicted molar refractivity (Wildman–Crippen MR) is 90.1 cm³/mol. The molecule has 0 bridgehead atoms. The average molecular weight is 299 g/mol. The molecule has 0 aliphatic rings. The smallest absolute Gasteiger partial charge is 0.119 e. The van der Waals surface area contributed by atoms with Crippen molar-refractivity contribution in [3.05, 3.63) is 30.0 Å². The largest absolute Gasteiger partial charge is 0.497 e. The van der Waals surface area contributed by atoms with E-state index in [0.717, 1.165) is 29.7 Å². The normalized spacial score (nSPS) is 14.0. The van der Waals surface area contributed by atoms with Crippen molar-refractivity contribution in [2.75, 3.05) is 20.2 Å². The number of nitrogens with zero attached hydrogens (tertiary/aromatic N) is 3. The van der Waals surface area contributed by atoms with Crippen LogP contribution in [-0.2, 0) is 13.5 Å². The van der Waals surface area contributed by atoms with Gasteiger partial charge in [-0.05, 0) is 43.8 Å². The maximum atomic E-state index is 9.74. The van der Waals surface area contributed by atoms with E-state index in [4.69, 9.17) is 4.74 Å². The highest BCUT2D eigenvalue weighted by Crippen LogP contribution is 2.29. The molecule has 1 aromatic carbocycles. The molecule has 0 spiro atoms. The summed E-state index contributed by atoms with van der Waals surface area (Å²) in [5.74, 6) is 0.849. The summed E-state index contributed by atoms with van der Waals surface area (Å²) in [6, 6.07) is 8.62. The minimum Gasteiger partial charge on any atom is -0.497 e. The number of benzene rings is 1. The van der Waals surface area contributed by atoms with Gasteiger partial charge in [-0.1, -0.05) is 13.8 Å². The van der Waals surface area contributed by atoms with Crippen LogP contribution in [0.15, 0.2) is 24.4 Å². The average Bonchev–Trinajstić information content (AvgIpc) is 2.83. The molecule has 118 valence electrons. The Labute approximate surface area is 132 Å². The molecule has 1 atom stereocenters. The van der Waals surface area contributed by atoms with Crippen LogP contribution in [0.4, 0.5) is 0 Å². The molecule has 22 heavy (non-hydrogen) atoms. The minimum absolute atomic E-state index is 0.499. The van der Waals surface area contributed by atoms with Gasteiger partial charge in [-0.2, -0.15) is 5.26 Å². The summed E-state index contributed by atoms with van der Waals surface area (Å²) < 4.78 is 7.46. The number of rotatable bonds is 6. The number of hydrogen-bond acceptors (Lipinski definition) is 3. The monoisotopic (exact) mass is 299 g/mol. The van der Waals surface area contributed by atoms with Crippen molar-refractivity contribution in [2.45, 2.75) is 32.7 Å². The highest BCUT2D eigenvalue weighted by molar-refractivity contribution is 5.85. The Morgan fingerprint density at radius 3 is 2.55 bits per heavy atom. The topological polar surface area (TPSA) is 41.2 Å². The van der Waals surface area contributed by atoms with Crippen LogP contribution in [-0.4, -0.2) is 35.2 Å². The van der Waals surface area contributed by atoms with Crippen LogP contribution in [0.3, 0.4) is 0 Å². The van der Waals surface area contributed by atoms with E-state index >= 15 is 0 Å². The summed E-state index contributed by atoms with van der Waals surface area (Å²) in [4.78, 5) is 2.21. The standard InChI is InChI=1S/C18H25N3O/c1-6-21(7-2)18(3,13-19)11-14-12-20(4)17-9-8-15(22-5)10-16(14)17/h8-10,12H,6-7,11H2,1-5H3. The Hall–Kier alpha value is -1.99. The molecule has 0 amide bonds. The number of aryl methyl sites for hydroxylation is 1. The maximum absolute atomic E-state index is 9.74. The lowest BCUT2D eigenvalue weighted by molar-refractivity contribution is 0.169. The second kappa shape index (κ2) is 6.41. The van der Waals surface area contributed by atoms with E-state index in [2.05, 4.69) is 47.7 Å². The van der Waals surface area contributed by atoms with E-state index in [1.165, 1.54) is 5.56 Å². The van der Waals surface area contributed by atoms with E-state index in [0.29, 0.717) is 6.42 Å². The van der Waals surface area contributed by atoms with Gasteiger partial charge in [0.05, 0.1) is 13.2 Å². The Morgan fingerprint density at radius 2 is 2.00 bits per heavy atom. The lowest BCUT2D eigenvalue weighted by atomic mass is 9.92. The molecule has 0 radical (unpaired) electrons. The predicted octanol–water partition coefficient (Wildman–Crippen LogP) is 3.35. The molecule has 2 aromatic rings. The summed E-state index contributed by atoms with van der Waals surface area (Å²) in [5.41, 5.74) is 1.85. The second-order valence-electron chi connectivity index (χ2n) is 5.88. The summed E-state index contributed by atoms with van der Waals surface area (Å²) in [6.45, 7) is 7.97. The van der Waals surface area contributed by atoms with Gasteiger partial charge in [-0.3, -0.25) is 4.90 Å². The first-order valence-electron chi connectivity index (χ1n) is 7.77. The van der Waals surface area contributed by atoms with Crippen molar-refractivity contribution >= 4 is 10.9 Å². The zero-order chi connectivity index (χ0) is 16.3. The molecule has 0 N–H and O–H groups in total. The number of hydrogen-bond donors (Lipinski definition) is 0. The van der Waals surface area contributed by atoms with Crippen molar-refractivity contribution in [2.24, 2.45) is 7.05 Å². The van der Waals surface area contributed by atoms with Crippen molar-refractivity contribution < 1.29 is 4.74 Å². The Morgan fingerprint density at radius 1 is 1.32 bits per heavy atom. The van der Waals surface area contributed by atoms with Crippen molar-refractivity contribution in [3.8, 4) is 11.8 Å². The van der Waals surface area contributed by atoms with Gasteiger partial charge in [-0.25, -0.2) is 0 Å². The summed E-state index contributed by atoms with van der Waals surface area (Å²) in [5, 5.41) is 10.9. The highest BCUT2D eigenvalue weighted by atomic mass is 16.5. The first-order chi connectivity index (χ1) is 10.5. The molecule has 0 saturated heterocycles. The Kier molecular flexibility index (Phi) is 4.77. The van der Waals surface area contributed by atoms with Crippen molar-refractivity contribution in [1.29, 1.82) is 5.26 Å². The minimum atomic E-state index is -0.499. The SMILES string of the molecule is CCN(CC)C(C)(C#N)Cc1cn(C)c2ccc(OC)cc12. The van der Waals surface area contributed by atoms with Crippen LogP contribution < -0.4 is 4.74 Å². The van der Waals surface area contributed by atoms with Crippen molar-refractivity contribution in [3.63, 3.8) is 0 Å². The van der Waals surface area contributed by atoms with Gasteiger partial charge in [0.25, 0.3) is 0 Å². The molecule has 1 aromatic heterocycles. The molecule has 1 heterocycles. The quantitative estimate of drug-likeness (QED) is 0.821. The van der Waals surface area contributed by atoms with E-state index in [1.807, 2.05) is 20.0 Å². The highest BCUT2D eigenvalue weighted by Gasteiger charge is 2.31. The fourth-order valence-electron chi connectivity index (χ4n) is 3.24. The van der Waals surface area contributed by atoms with Crippen LogP contribution >= 0.6 is 0 Å². The summed E-state index contributed by atoms with van der Waals surface area (Å²) >= 11 is 0. The number of nitriles is 1. The van der Waals surface area contributed by atoms with Crippen LogP contribution in [0.1, 0.15) is 26.3 Å². The molecule has 0 aliphatic heterocycles. The van der Waals surface area contributed by atoms with Gasteiger partial charge in [0.15, 0.2) is 0 Å². The molecule has 1 unspecified atom stereocenters. The molecular formula is C18H25N3O. The van der Waals surface area contributed by atoms with Crippen LogP contribution in [0.5, 0.6) is 5.75 Å². The van der Waals surface area contributed by atoms with Crippen LogP contribution in [0.25, 0.3) is 10.9 Å². The number of likely N-dealkylation sites (N-methyl/N-ethyl adjacent to an activating group) is 1. The number of ether oxygens (including phenoxy) is 1. The molecule has 0 saturated carbocycles.